The fourth-order valence-electron chi connectivity index (χ4n) is 1.80. The predicted molar refractivity (Wildman–Crippen MR) is 55.4 cm³/mol. The Bertz CT molecular complexity index is 255. The molecule has 0 aromatic carbocycles. The van der Waals surface area contributed by atoms with E-state index in [2.05, 4.69) is 4.72 Å². The molecule has 1 rings (SSSR count). The molecule has 1 aliphatic rings. The number of hydrogen-bond acceptors (Lipinski definition) is 3. The number of hydrogen-bond donors (Lipinski definition) is 2. The molecule has 4 nitrogen and oxygen atoms in total. The van der Waals surface area contributed by atoms with Crippen molar-refractivity contribution < 1.29 is 13.5 Å². The first-order valence-corrected chi connectivity index (χ1v) is 6.83. The topological polar surface area (TPSA) is 66.4 Å². The Morgan fingerprint density at radius 1 is 1.29 bits per heavy atom. The molecule has 1 aliphatic carbocycles. The van der Waals surface area contributed by atoms with Crippen LogP contribution in [-0.4, -0.2) is 31.9 Å². The first kappa shape index (κ1) is 11.9. The van der Waals surface area contributed by atoms with Crippen LogP contribution in [0.25, 0.3) is 0 Å². The molecule has 0 aromatic heterocycles. The van der Waals surface area contributed by atoms with Gasteiger partial charge in [-0.05, 0) is 38.5 Å². The van der Waals surface area contributed by atoms with Crippen LogP contribution in [0.4, 0.5) is 0 Å². The van der Waals surface area contributed by atoms with Crippen molar-refractivity contribution in [3.8, 4) is 0 Å². The molecule has 84 valence electrons. The number of aliphatic hydroxyl groups is 1. The van der Waals surface area contributed by atoms with Crippen LogP contribution < -0.4 is 4.72 Å². The summed E-state index contributed by atoms with van der Waals surface area (Å²) in [6.07, 6.45) is 3.55. The minimum absolute atomic E-state index is 0.0859. The van der Waals surface area contributed by atoms with Gasteiger partial charge < -0.3 is 5.11 Å². The second-order valence-corrected chi connectivity index (χ2v) is 5.96. The standard InChI is InChI=1S/C9H19NO3S/c1-2-14(12,13)10-9-5-3-8(7-11)4-6-9/h8-11H,2-7H2,1H3. The number of nitrogens with one attached hydrogen (secondary N) is 1. The summed E-state index contributed by atoms with van der Waals surface area (Å²) in [5, 5.41) is 8.92. The van der Waals surface area contributed by atoms with Gasteiger partial charge in [0, 0.05) is 12.6 Å². The number of rotatable bonds is 4. The van der Waals surface area contributed by atoms with Gasteiger partial charge in [-0.25, -0.2) is 13.1 Å². The van der Waals surface area contributed by atoms with E-state index in [4.69, 9.17) is 5.11 Å². The smallest absolute Gasteiger partial charge is 0.211 e. The summed E-state index contributed by atoms with van der Waals surface area (Å²) in [5.74, 6) is 0.518. The van der Waals surface area contributed by atoms with Gasteiger partial charge in [-0.1, -0.05) is 0 Å². The van der Waals surface area contributed by atoms with Crippen LogP contribution in [0, 0.1) is 5.92 Å². The summed E-state index contributed by atoms with van der Waals surface area (Å²) in [4.78, 5) is 0. The Morgan fingerprint density at radius 3 is 2.29 bits per heavy atom. The van der Waals surface area contributed by atoms with Gasteiger partial charge in [-0.15, -0.1) is 0 Å². The molecule has 2 N–H and O–H groups in total. The Morgan fingerprint density at radius 2 is 1.86 bits per heavy atom. The van der Waals surface area contributed by atoms with Gasteiger partial charge in [-0.3, -0.25) is 0 Å². The molecular weight excluding hydrogens is 202 g/mol. The van der Waals surface area contributed by atoms with Gasteiger partial charge in [0.15, 0.2) is 0 Å². The molecular formula is C9H19NO3S. The molecule has 0 radical (unpaired) electrons. The molecule has 0 saturated heterocycles. The van der Waals surface area contributed by atoms with Crippen molar-refractivity contribution in [2.24, 2.45) is 5.92 Å². The third-order valence-electron chi connectivity index (χ3n) is 2.83. The molecule has 14 heavy (non-hydrogen) atoms. The molecule has 1 saturated carbocycles. The van der Waals surface area contributed by atoms with Gasteiger partial charge in [0.25, 0.3) is 0 Å². The van der Waals surface area contributed by atoms with Crippen LogP contribution in [0.1, 0.15) is 32.6 Å². The number of sulfonamides is 1. The summed E-state index contributed by atoms with van der Waals surface area (Å²) in [7, 11) is -3.06. The highest BCUT2D eigenvalue weighted by atomic mass is 32.2. The second kappa shape index (κ2) is 5.09. The summed E-state index contributed by atoms with van der Waals surface area (Å²) >= 11 is 0. The van der Waals surface area contributed by atoms with Crippen molar-refractivity contribution in [3.05, 3.63) is 0 Å². The third-order valence-corrected chi connectivity index (χ3v) is 4.28. The van der Waals surface area contributed by atoms with E-state index in [1.165, 1.54) is 0 Å². The van der Waals surface area contributed by atoms with Gasteiger partial charge in [-0.2, -0.15) is 0 Å². The molecule has 0 bridgehead atoms. The minimum atomic E-state index is -3.06. The molecule has 0 aliphatic heterocycles. The summed E-state index contributed by atoms with van der Waals surface area (Å²) in [6.45, 7) is 1.87. The Hall–Kier alpha value is -0.130. The van der Waals surface area contributed by atoms with Crippen molar-refractivity contribution in [2.75, 3.05) is 12.4 Å². The Labute approximate surface area is 85.8 Å². The quantitative estimate of drug-likeness (QED) is 0.725. The van der Waals surface area contributed by atoms with Crippen molar-refractivity contribution >= 4 is 10.0 Å². The number of aliphatic hydroxyl groups excluding tert-OH is 1. The maximum absolute atomic E-state index is 11.3. The van der Waals surface area contributed by atoms with Crippen molar-refractivity contribution in [1.29, 1.82) is 0 Å². The van der Waals surface area contributed by atoms with Crippen LogP contribution in [0.2, 0.25) is 0 Å². The van der Waals surface area contributed by atoms with Crippen molar-refractivity contribution in [3.63, 3.8) is 0 Å². The van der Waals surface area contributed by atoms with E-state index in [-0.39, 0.29) is 18.4 Å². The van der Waals surface area contributed by atoms with Crippen molar-refractivity contribution in [2.45, 2.75) is 38.6 Å². The van der Waals surface area contributed by atoms with E-state index in [1.54, 1.807) is 6.92 Å². The minimum Gasteiger partial charge on any atom is -0.396 e. The molecule has 0 amide bonds. The predicted octanol–water partition coefficient (Wildman–Crippen LogP) is 0.477. The lowest BCUT2D eigenvalue weighted by Gasteiger charge is -2.27. The zero-order chi connectivity index (χ0) is 10.6. The first-order valence-electron chi connectivity index (χ1n) is 5.18. The average Bonchev–Trinajstić information content (AvgIpc) is 2.19. The van der Waals surface area contributed by atoms with E-state index in [1.807, 2.05) is 0 Å². The van der Waals surface area contributed by atoms with E-state index >= 15 is 0 Å². The largest absolute Gasteiger partial charge is 0.396 e. The monoisotopic (exact) mass is 221 g/mol. The lowest BCUT2D eigenvalue weighted by molar-refractivity contribution is 0.180. The molecule has 0 heterocycles. The molecule has 1 fully saturated rings. The van der Waals surface area contributed by atoms with E-state index in [0.29, 0.717) is 5.92 Å². The second-order valence-electron chi connectivity index (χ2n) is 3.92. The fourth-order valence-corrected chi connectivity index (χ4v) is 2.71. The third kappa shape index (κ3) is 3.55. The van der Waals surface area contributed by atoms with Crippen LogP contribution >= 0.6 is 0 Å². The molecule has 0 spiro atoms. The zero-order valence-electron chi connectivity index (χ0n) is 8.57. The lowest BCUT2D eigenvalue weighted by Crippen LogP contribution is -2.38. The van der Waals surface area contributed by atoms with Crippen LogP contribution in [0.3, 0.4) is 0 Å². The highest BCUT2D eigenvalue weighted by Gasteiger charge is 2.23. The SMILES string of the molecule is CCS(=O)(=O)NC1CCC(CO)CC1. The summed E-state index contributed by atoms with van der Waals surface area (Å²) in [5.41, 5.74) is 0. The molecule has 0 aromatic rings. The normalized spacial score (nSPS) is 29.0. The van der Waals surface area contributed by atoms with E-state index < -0.39 is 10.0 Å². The van der Waals surface area contributed by atoms with Gasteiger partial charge in [0.2, 0.25) is 10.0 Å². The Kier molecular flexibility index (Phi) is 4.34. The average molecular weight is 221 g/mol. The maximum Gasteiger partial charge on any atom is 0.211 e. The van der Waals surface area contributed by atoms with E-state index in [9.17, 15) is 8.42 Å². The van der Waals surface area contributed by atoms with E-state index in [0.717, 1.165) is 25.7 Å². The van der Waals surface area contributed by atoms with Gasteiger partial charge >= 0.3 is 0 Å². The van der Waals surface area contributed by atoms with Gasteiger partial charge in [0.05, 0.1) is 5.75 Å². The van der Waals surface area contributed by atoms with Crippen LogP contribution in [-0.2, 0) is 10.0 Å². The highest BCUT2D eigenvalue weighted by Crippen LogP contribution is 2.23. The molecule has 5 heteroatoms. The fraction of sp³-hybridized carbons (Fsp3) is 1.00. The maximum atomic E-state index is 11.3. The molecule has 0 unspecified atom stereocenters. The summed E-state index contributed by atoms with van der Waals surface area (Å²) < 4.78 is 25.2. The summed E-state index contributed by atoms with van der Waals surface area (Å²) in [6, 6.07) is 0.0859. The Balaban J connectivity index is 2.36. The first-order chi connectivity index (χ1) is 6.57. The zero-order valence-corrected chi connectivity index (χ0v) is 9.39. The van der Waals surface area contributed by atoms with Crippen LogP contribution in [0.15, 0.2) is 0 Å². The van der Waals surface area contributed by atoms with Crippen LogP contribution in [0.5, 0.6) is 0 Å². The van der Waals surface area contributed by atoms with Gasteiger partial charge in [0.1, 0.15) is 0 Å². The lowest BCUT2D eigenvalue weighted by atomic mass is 9.87. The van der Waals surface area contributed by atoms with Crippen molar-refractivity contribution in [1.82, 2.24) is 4.72 Å². The highest BCUT2D eigenvalue weighted by molar-refractivity contribution is 7.89. The molecule has 0 atom stereocenters.